The van der Waals surface area contributed by atoms with Gasteiger partial charge in [0.15, 0.2) is 0 Å². The van der Waals surface area contributed by atoms with Crippen molar-refractivity contribution in [3.8, 4) is 0 Å². The van der Waals surface area contributed by atoms with Crippen molar-refractivity contribution in [2.24, 2.45) is 11.8 Å². The van der Waals surface area contributed by atoms with Crippen LogP contribution in [0.5, 0.6) is 0 Å². The van der Waals surface area contributed by atoms with Gasteiger partial charge in [-0.1, -0.05) is 32.6 Å². The molecule has 0 amide bonds. The van der Waals surface area contributed by atoms with Crippen molar-refractivity contribution in [1.82, 2.24) is 0 Å². The first-order valence-corrected chi connectivity index (χ1v) is 10.2. The molecule has 2 aliphatic rings. The minimum Gasteiger partial charge on any atom is -0.390 e. The van der Waals surface area contributed by atoms with Crippen LogP contribution in [0.25, 0.3) is 0 Å². The fraction of sp³-hybridized carbons (Fsp3) is 1.00. The largest absolute Gasteiger partial charge is 0.390 e. The molecule has 2 fully saturated rings. The predicted octanol–water partition coefficient (Wildman–Crippen LogP) is 3.31. The molecule has 0 saturated heterocycles. The summed E-state index contributed by atoms with van der Waals surface area (Å²) in [6, 6.07) is 0. The lowest BCUT2D eigenvalue weighted by Crippen LogP contribution is -2.42. The summed E-state index contributed by atoms with van der Waals surface area (Å²) in [7, 11) is -2.96. The van der Waals surface area contributed by atoms with E-state index in [1.807, 2.05) is 0 Å². The highest BCUT2D eigenvalue weighted by molar-refractivity contribution is 7.91. The molecule has 2 aliphatic carbocycles. The van der Waals surface area contributed by atoms with Crippen LogP contribution in [0.4, 0.5) is 0 Å². The maximum absolute atomic E-state index is 11.8. The SMILES string of the molecule is CCC1CCCC(O)(C2CCCC(S(C)(=O)=O)C2)CC1. The Labute approximate surface area is 124 Å². The van der Waals surface area contributed by atoms with Crippen molar-refractivity contribution in [2.75, 3.05) is 6.26 Å². The maximum atomic E-state index is 11.8. The predicted molar refractivity (Wildman–Crippen MR) is 82.4 cm³/mol. The molecule has 0 spiro atoms. The van der Waals surface area contributed by atoms with E-state index < -0.39 is 15.4 Å². The van der Waals surface area contributed by atoms with Gasteiger partial charge in [0.2, 0.25) is 0 Å². The van der Waals surface area contributed by atoms with Gasteiger partial charge in [-0.25, -0.2) is 8.42 Å². The van der Waals surface area contributed by atoms with Crippen molar-refractivity contribution in [3.63, 3.8) is 0 Å². The van der Waals surface area contributed by atoms with Crippen molar-refractivity contribution in [2.45, 2.75) is 82.0 Å². The van der Waals surface area contributed by atoms with E-state index in [1.54, 1.807) is 0 Å². The van der Waals surface area contributed by atoms with Gasteiger partial charge in [-0.05, 0) is 50.4 Å². The van der Waals surface area contributed by atoms with E-state index in [4.69, 9.17) is 0 Å². The molecule has 0 aromatic rings. The van der Waals surface area contributed by atoms with E-state index in [9.17, 15) is 13.5 Å². The molecule has 0 heterocycles. The average molecular weight is 302 g/mol. The van der Waals surface area contributed by atoms with E-state index >= 15 is 0 Å². The van der Waals surface area contributed by atoms with Gasteiger partial charge in [0.1, 0.15) is 9.84 Å². The number of sulfone groups is 1. The van der Waals surface area contributed by atoms with Gasteiger partial charge in [0.25, 0.3) is 0 Å². The Hall–Kier alpha value is -0.0900. The van der Waals surface area contributed by atoms with E-state index in [1.165, 1.54) is 19.1 Å². The van der Waals surface area contributed by atoms with Gasteiger partial charge >= 0.3 is 0 Å². The molecule has 0 aromatic heterocycles. The minimum absolute atomic E-state index is 0.187. The highest BCUT2D eigenvalue weighted by Gasteiger charge is 2.42. The molecule has 4 heteroatoms. The molecular formula is C16H30O3S. The lowest BCUT2D eigenvalue weighted by atomic mass is 9.73. The molecule has 3 nitrogen and oxygen atoms in total. The second kappa shape index (κ2) is 6.35. The Morgan fingerprint density at radius 1 is 1.10 bits per heavy atom. The van der Waals surface area contributed by atoms with Gasteiger partial charge in [0.05, 0.1) is 10.9 Å². The average Bonchev–Trinajstić information content (AvgIpc) is 2.61. The maximum Gasteiger partial charge on any atom is 0.150 e. The highest BCUT2D eigenvalue weighted by Crippen LogP contribution is 2.43. The monoisotopic (exact) mass is 302 g/mol. The van der Waals surface area contributed by atoms with Gasteiger partial charge in [-0.2, -0.15) is 0 Å². The summed E-state index contributed by atoms with van der Waals surface area (Å²) in [5.74, 6) is 0.935. The topological polar surface area (TPSA) is 54.4 Å². The van der Waals surface area contributed by atoms with Crippen LogP contribution in [0.1, 0.15) is 71.1 Å². The fourth-order valence-electron chi connectivity index (χ4n) is 4.26. The second-order valence-electron chi connectivity index (χ2n) is 7.12. The molecule has 0 bridgehead atoms. The van der Waals surface area contributed by atoms with Crippen molar-refractivity contribution >= 4 is 9.84 Å². The van der Waals surface area contributed by atoms with Crippen molar-refractivity contribution in [1.29, 1.82) is 0 Å². The van der Waals surface area contributed by atoms with Crippen LogP contribution in [0, 0.1) is 11.8 Å². The zero-order valence-electron chi connectivity index (χ0n) is 13.0. The summed E-state index contributed by atoms with van der Waals surface area (Å²) in [4.78, 5) is 0. The number of aliphatic hydroxyl groups is 1. The molecule has 0 aliphatic heterocycles. The summed E-state index contributed by atoms with van der Waals surface area (Å²) in [6.07, 6.45) is 11.1. The number of hydrogen-bond donors (Lipinski definition) is 1. The summed E-state index contributed by atoms with van der Waals surface area (Å²) >= 11 is 0. The van der Waals surface area contributed by atoms with Crippen LogP contribution in [-0.4, -0.2) is 30.6 Å². The highest BCUT2D eigenvalue weighted by atomic mass is 32.2. The lowest BCUT2D eigenvalue weighted by molar-refractivity contribution is -0.0454. The molecule has 20 heavy (non-hydrogen) atoms. The first kappa shape index (κ1) is 16.3. The molecule has 0 radical (unpaired) electrons. The molecular weight excluding hydrogens is 272 g/mol. The molecule has 118 valence electrons. The van der Waals surface area contributed by atoms with Crippen LogP contribution in [0.15, 0.2) is 0 Å². The van der Waals surface area contributed by atoms with E-state index in [0.29, 0.717) is 6.42 Å². The number of rotatable bonds is 3. The first-order valence-electron chi connectivity index (χ1n) is 8.26. The standard InChI is InChI=1S/C16H30O3S/c1-3-13-6-5-10-16(17,11-9-13)14-7-4-8-15(12-14)20(2,18)19/h13-15,17H,3-12H2,1-2H3. The van der Waals surface area contributed by atoms with Crippen LogP contribution < -0.4 is 0 Å². The summed E-state index contributed by atoms with van der Waals surface area (Å²) in [5, 5.41) is 10.9. The van der Waals surface area contributed by atoms with Crippen LogP contribution >= 0.6 is 0 Å². The third-order valence-corrected chi connectivity index (χ3v) is 7.42. The van der Waals surface area contributed by atoms with E-state index in [-0.39, 0.29) is 11.2 Å². The Kier molecular flexibility index (Phi) is 5.17. The molecule has 4 atom stereocenters. The quantitative estimate of drug-likeness (QED) is 0.814. The van der Waals surface area contributed by atoms with Gasteiger partial charge < -0.3 is 5.11 Å². The van der Waals surface area contributed by atoms with E-state index in [0.717, 1.165) is 50.9 Å². The van der Waals surface area contributed by atoms with Gasteiger partial charge in [-0.15, -0.1) is 0 Å². The first-order chi connectivity index (χ1) is 9.35. The second-order valence-corrected chi connectivity index (χ2v) is 9.45. The fourth-order valence-corrected chi connectivity index (χ4v) is 5.44. The normalized spacial score (nSPS) is 40.2. The van der Waals surface area contributed by atoms with Crippen molar-refractivity contribution in [3.05, 3.63) is 0 Å². The van der Waals surface area contributed by atoms with Crippen LogP contribution in [-0.2, 0) is 9.84 Å². The zero-order valence-corrected chi connectivity index (χ0v) is 13.8. The zero-order chi connectivity index (χ0) is 14.8. The molecule has 1 N–H and O–H groups in total. The lowest BCUT2D eigenvalue weighted by Gasteiger charge is -2.40. The summed E-state index contributed by atoms with van der Waals surface area (Å²) in [6.45, 7) is 2.23. The summed E-state index contributed by atoms with van der Waals surface area (Å²) < 4.78 is 23.6. The smallest absolute Gasteiger partial charge is 0.150 e. The molecule has 2 saturated carbocycles. The van der Waals surface area contributed by atoms with Crippen molar-refractivity contribution < 1.29 is 13.5 Å². The summed E-state index contributed by atoms with van der Waals surface area (Å²) in [5.41, 5.74) is -0.604. The molecule has 2 rings (SSSR count). The Bertz CT molecular complexity index is 417. The van der Waals surface area contributed by atoms with Crippen LogP contribution in [0.2, 0.25) is 0 Å². The Morgan fingerprint density at radius 2 is 1.85 bits per heavy atom. The number of hydrogen-bond acceptors (Lipinski definition) is 3. The van der Waals surface area contributed by atoms with Crippen LogP contribution in [0.3, 0.4) is 0 Å². The molecule has 4 unspecified atom stereocenters. The third kappa shape index (κ3) is 3.76. The molecule has 0 aromatic carbocycles. The Morgan fingerprint density at radius 3 is 2.50 bits per heavy atom. The van der Waals surface area contributed by atoms with Gasteiger partial charge in [-0.3, -0.25) is 0 Å². The third-order valence-electron chi connectivity index (χ3n) is 5.78. The van der Waals surface area contributed by atoms with Gasteiger partial charge in [0, 0.05) is 6.26 Å². The minimum atomic E-state index is -2.96. The van der Waals surface area contributed by atoms with E-state index in [2.05, 4.69) is 6.92 Å². The Balaban J connectivity index is 2.05.